The van der Waals surface area contributed by atoms with E-state index in [0.717, 1.165) is 4.47 Å². The van der Waals surface area contributed by atoms with Crippen LogP contribution in [-0.2, 0) is 4.79 Å². The van der Waals surface area contributed by atoms with Crippen LogP contribution in [-0.4, -0.2) is 31.7 Å². The van der Waals surface area contributed by atoms with Gasteiger partial charge in [0.05, 0.1) is 23.4 Å². The lowest BCUT2D eigenvalue weighted by atomic mass is 10.2. The summed E-state index contributed by atoms with van der Waals surface area (Å²) in [5.74, 6) is 0.0637. The van der Waals surface area contributed by atoms with Crippen molar-refractivity contribution in [3.05, 3.63) is 86.3 Å². The molecule has 0 saturated carbocycles. The van der Waals surface area contributed by atoms with Crippen molar-refractivity contribution in [1.29, 1.82) is 0 Å². The zero-order valence-corrected chi connectivity index (χ0v) is 20.4. The second-order valence-corrected chi connectivity index (χ2v) is 8.31. The van der Waals surface area contributed by atoms with E-state index in [1.165, 1.54) is 13.3 Å². The molecule has 0 aliphatic rings. The summed E-state index contributed by atoms with van der Waals surface area (Å²) < 4.78 is 11.8. The molecule has 33 heavy (non-hydrogen) atoms. The van der Waals surface area contributed by atoms with E-state index in [1.54, 1.807) is 60.7 Å². The van der Waals surface area contributed by atoms with Crippen molar-refractivity contribution in [2.45, 2.75) is 0 Å². The van der Waals surface area contributed by atoms with Gasteiger partial charge in [-0.25, -0.2) is 5.43 Å². The fraction of sp³-hybridized carbons (Fsp3) is 0.0870. The van der Waals surface area contributed by atoms with Crippen LogP contribution in [0.3, 0.4) is 0 Å². The lowest BCUT2D eigenvalue weighted by molar-refractivity contribution is -0.118. The summed E-state index contributed by atoms with van der Waals surface area (Å²) in [6, 6.07) is 16.7. The molecule has 7 nitrogen and oxygen atoms in total. The lowest BCUT2D eigenvalue weighted by Crippen LogP contribution is -2.20. The van der Waals surface area contributed by atoms with E-state index in [-0.39, 0.29) is 18.4 Å². The van der Waals surface area contributed by atoms with Gasteiger partial charge >= 0.3 is 0 Å². The molecule has 0 aliphatic carbocycles. The molecule has 2 N–H and O–H groups in total. The van der Waals surface area contributed by atoms with Gasteiger partial charge in [0.25, 0.3) is 11.8 Å². The Balaban J connectivity index is 1.56. The topological polar surface area (TPSA) is 89.0 Å². The molecule has 0 aromatic heterocycles. The Morgan fingerprint density at radius 1 is 1.00 bits per heavy atom. The Hall–Kier alpha value is -3.07. The molecule has 0 radical (unpaired) electrons. The minimum absolute atomic E-state index is 0.243. The highest BCUT2D eigenvalue weighted by atomic mass is 79.9. The summed E-state index contributed by atoms with van der Waals surface area (Å²) in [5, 5.41) is 7.37. The highest BCUT2D eigenvalue weighted by Crippen LogP contribution is 2.28. The van der Waals surface area contributed by atoms with Gasteiger partial charge in [0.1, 0.15) is 0 Å². The number of amides is 2. The zero-order valence-electron chi connectivity index (χ0n) is 17.3. The predicted octanol–water partition coefficient (Wildman–Crippen LogP) is 5.55. The first-order chi connectivity index (χ1) is 15.9. The third kappa shape index (κ3) is 7.21. The molecular weight excluding hydrogens is 533 g/mol. The Morgan fingerprint density at radius 3 is 2.45 bits per heavy atom. The van der Waals surface area contributed by atoms with Crippen LogP contribution in [0.2, 0.25) is 10.0 Å². The molecule has 10 heteroatoms. The van der Waals surface area contributed by atoms with Gasteiger partial charge in [-0.05, 0) is 66.2 Å². The Labute approximate surface area is 208 Å². The van der Waals surface area contributed by atoms with Crippen molar-refractivity contribution in [2.24, 2.45) is 5.10 Å². The SMILES string of the molecule is COc1cc(/C=N/NC(=O)c2ccc(Br)cc2)ccc1OCC(=O)Nc1ccc(Cl)c(Cl)c1. The molecular formula is C23H18BrCl2N3O4. The predicted molar refractivity (Wildman–Crippen MR) is 133 cm³/mol. The Morgan fingerprint density at radius 2 is 1.76 bits per heavy atom. The van der Waals surface area contributed by atoms with Crippen LogP contribution >= 0.6 is 39.1 Å². The lowest BCUT2D eigenvalue weighted by Gasteiger charge is -2.11. The minimum Gasteiger partial charge on any atom is -0.493 e. The van der Waals surface area contributed by atoms with Crippen molar-refractivity contribution < 1.29 is 19.1 Å². The molecule has 0 spiro atoms. The van der Waals surface area contributed by atoms with Gasteiger partial charge in [0, 0.05) is 15.7 Å². The number of halogens is 3. The van der Waals surface area contributed by atoms with E-state index < -0.39 is 0 Å². The number of methoxy groups -OCH3 is 1. The highest BCUT2D eigenvalue weighted by Gasteiger charge is 2.10. The van der Waals surface area contributed by atoms with Crippen LogP contribution in [0.4, 0.5) is 5.69 Å². The number of benzene rings is 3. The summed E-state index contributed by atoms with van der Waals surface area (Å²) in [7, 11) is 1.48. The van der Waals surface area contributed by atoms with Crippen LogP contribution < -0.4 is 20.2 Å². The fourth-order valence-electron chi connectivity index (χ4n) is 2.63. The number of nitrogens with zero attached hydrogens (tertiary/aromatic N) is 1. The summed E-state index contributed by atoms with van der Waals surface area (Å²) in [5.41, 5.74) is 4.11. The standard InChI is InChI=1S/C23H18BrCl2N3O4/c1-32-21-10-14(12-27-29-23(31)15-3-5-16(24)6-4-15)2-9-20(21)33-13-22(30)28-17-7-8-18(25)19(26)11-17/h2-12H,13H2,1H3,(H,28,30)(H,29,31)/b27-12+. The van der Waals surface area contributed by atoms with Gasteiger partial charge in [-0.1, -0.05) is 39.1 Å². The second-order valence-electron chi connectivity index (χ2n) is 6.58. The largest absolute Gasteiger partial charge is 0.493 e. The number of anilines is 1. The van der Waals surface area contributed by atoms with Crippen molar-refractivity contribution >= 4 is 62.8 Å². The first-order valence-corrected chi connectivity index (χ1v) is 11.1. The zero-order chi connectivity index (χ0) is 23.8. The maximum absolute atomic E-state index is 12.2. The van der Waals surface area contributed by atoms with Crippen molar-refractivity contribution in [3.8, 4) is 11.5 Å². The number of carbonyl (C=O) groups excluding carboxylic acids is 2. The molecule has 0 bridgehead atoms. The molecule has 3 rings (SSSR count). The van der Waals surface area contributed by atoms with Crippen molar-refractivity contribution in [1.82, 2.24) is 5.43 Å². The summed E-state index contributed by atoms with van der Waals surface area (Å²) in [6.07, 6.45) is 1.47. The van der Waals surface area contributed by atoms with Crippen LogP contribution in [0, 0.1) is 0 Å². The van der Waals surface area contributed by atoms with E-state index in [2.05, 4.69) is 31.8 Å². The fourth-order valence-corrected chi connectivity index (χ4v) is 3.19. The van der Waals surface area contributed by atoms with Gasteiger partial charge in [-0.2, -0.15) is 5.10 Å². The van der Waals surface area contributed by atoms with Crippen LogP contribution in [0.25, 0.3) is 0 Å². The molecule has 0 fully saturated rings. The molecule has 0 atom stereocenters. The van der Waals surface area contributed by atoms with E-state index in [1.807, 2.05) is 0 Å². The summed E-state index contributed by atoms with van der Waals surface area (Å²) in [6.45, 7) is -0.243. The molecule has 0 aliphatic heterocycles. The smallest absolute Gasteiger partial charge is 0.271 e. The molecule has 0 heterocycles. The first kappa shape index (κ1) is 24.6. The molecule has 0 unspecified atom stereocenters. The Bertz CT molecular complexity index is 1190. The maximum atomic E-state index is 12.2. The average Bonchev–Trinajstić information content (AvgIpc) is 2.80. The van der Waals surface area contributed by atoms with Crippen LogP contribution in [0.5, 0.6) is 11.5 Å². The number of hydrogen-bond donors (Lipinski definition) is 2. The number of rotatable bonds is 8. The second kappa shape index (κ2) is 11.7. The maximum Gasteiger partial charge on any atom is 0.271 e. The first-order valence-electron chi connectivity index (χ1n) is 9.50. The van der Waals surface area contributed by atoms with E-state index in [4.69, 9.17) is 32.7 Å². The normalized spacial score (nSPS) is 10.7. The van der Waals surface area contributed by atoms with E-state index in [0.29, 0.717) is 38.4 Å². The number of ether oxygens (including phenoxy) is 2. The molecule has 3 aromatic carbocycles. The van der Waals surface area contributed by atoms with E-state index in [9.17, 15) is 9.59 Å². The van der Waals surface area contributed by atoms with Crippen LogP contribution in [0.1, 0.15) is 15.9 Å². The van der Waals surface area contributed by atoms with Gasteiger partial charge in [-0.3, -0.25) is 9.59 Å². The van der Waals surface area contributed by atoms with Gasteiger partial charge < -0.3 is 14.8 Å². The van der Waals surface area contributed by atoms with Gasteiger partial charge in [0.15, 0.2) is 18.1 Å². The number of nitrogens with one attached hydrogen (secondary N) is 2. The monoisotopic (exact) mass is 549 g/mol. The number of hydrogen-bond acceptors (Lipinski definition) is 5. The highest BCUT2D eigenvalue weighted by molar-refractivity contribution is 9.10. The molecule has 0 saturated heterocycles. The molecule has 170 valence electrons. The number of carbonyl (C=O) groups is 2. The quantitative estimate of drug-likeness (QED) is 0.284. The van der Waals surface area contributed by atoms with E-state index >= 15 is 0 Å². The third-order valence-electron chi connectivity index (χ3n) is 4.24. The summed E-state index contributed by atoms with van der Waals surface area (Å²) in [4.78, 5) is 24.3. The van der Waals surface area contributed by atoms with Crippen LogP contribution in [0.15, 0.2) is 70.2 Å². The average molecular weight is 551 g/mol. The van der Waals surface area contributed by atoms with Crippen molar-refractivity contribution in [3.63, 3.8) is 0 Å². The van der Waals surface area contributed by atoms with Gasteiger partial charge in [-0.15, -0.1) is 0 Å². The third-order valence-corrected chi connectivity index (χ3v) is 5.50. The Kier molecular flexibility index (Phi) is 8.71. The molecule has 3 aromatic rings. The number of hydrazone groups is 1. The van der Waals surface area contributed by atoms with Crippen molar-refractivity contribution in [2.75, 3.05) is 19.0 Å². The minimum atomic E-state index is -0.378. The molecule has 2 amide bonds. The van der Waals surface area contributed by atoms with Gasteiger partial charge in [0.2, 0.25) is 0 Å². The summed E-state index contributed by atoms with van der Waals surface area (Å²) >= 11 is 15.1.